The molecule has 0 unspecified atom stereocenters. The second-order valence-corrected chi connectivity index (χ2v) is 6.13. The SMILES string of the molecule is Fc1c(F)c(F)c([B]Cc2ccccc2)c(F)c1F.c1ccc2[nH+]cccc2c1. The van der Waals surface area contributed by atoms with Crippen LogP contribution in [0.2, 0.25) is 0 Å². The molecule has 0 saturated carbocycles. The molecule has 1 nitrogen and oxygen atoms in total. The highest BCUT2D eigenvalue weighted by molar-refractivity contribution is 6.53. The van der Waals surface area contributed by atoms with Crippen LogP contribution in [0.3, 0.4) is 0 Å². The van der Waals surface area contributed by atoms with E-state index in [1.54, 1.807) is 30.3 Å². The molecule has 0 saturated heterocycles. The smallest absolute Gasteiger partial charge is 0.210 e. The Hall–Kier alpha value is -3.22. The summed E-state index contributed by atoms with van der Waals surface area (Å²) >= 11 is 0. The average molecular weight is 399 g/mol. The fourth-order valence-corrected chi connectivity index (χ4v) is 2.70. The first kappa shape index (κ1) is 20.5. The van der Waals surface area contributed by atoms with Crippen molar-refractivity contribution in [3.63, 3.8) is 0 Å². The van der Waals surface area contributed by atoms with Gasteiger partial charge < -0.3 is 0 Å². The fourth-order valence-electron chi connectivity index (χ4n) is 2.70. The number of nitrogens with one attached hydrogen (secondary N) is 1. The van der Waals surface area contributed by atoms with Gasteiger partial charge in [-0.1, -0.05) is 48.0 Å². The molecule has 0 aliphatic carbocycles. The number of halogens is 5. The van der Waals surface area contributed by atoms with Crippen molar-refractivity contribution in [2.75, 3.05) is 0 Å². The van der Waals surface area contributed by atoms with Crippen LogP contribution in [0.1, 0.15) is 5.56 Å². The molecule has 4 aromatic rings. The van der Waals surface area contributed by atoms with E-state index in [0.717, 1.165) is 7.28 Å². The van der Waals surface area contributed by atoms with Gasteiger partial charge in [0, 0.05) is 17.5 Å². The van der Waals surface area contributed by atoms with Crippen LogP contribution in [0.25, 0.3) is 10.9 Å². The van der Waals surface area contributed by atoms with Crippen LogP contribution < -0.4 is 10.4 Å². The van der Waals surface area contributed by atoms with Gasteiger partial charge in [-0.25, -0.2) is 26.9 Å². The van der Waals surface area contributed by atoms with E-state index in [2.05, 4.69) is 23.2 Å². The Morgan fingerprint density at radius 2 is 1.17 bits per heavy atom. The van der Waals surface area contributed by atoms with Crippen molar-refractivity contribution in [2.45, 2.75) is 6.32 Å². The summed E-state index contributed by atoms with van der Waals surface area (Å²) in [6.45, 7) is 0. The molecule has 0 spiro atoms. The van der Waals surface area contributed by atoms with E-state index >= 15 is 0 Å². The minimum Gasteiger partial charge on any atom is -0.211 e. The standard InChI is InChI=1S/C13H7BF5.C9H7N/c15-9-8(10(16)12(18)13(19)11(9)17)14-6-7-4-2-1-3-5-7;1-2-6-9-8(4-1)5-3-7-10-9/h1-5H,6H2;1-7H/p+1. The molecule has 0 aliphatic rings. The fraction of sp³-hybridized carbons (Fsp3) is 0.0455. The second-order valence-electron chi connectivity index (χ2n) is 6.13. The molecule has 0 bridgehead atoms. The lowest BCUT2D eigenvalue weighted by molar-refractivity contribution is -0.344. The summed E-state index contributed by atoms with van der Waals surface area (Å²) in [5, 5.41) is 1.25. The molecule has 1 aromatic heterocycles. The van der Waals surface area contributed by atoms with Crippen LogP contribution in [-0.2, 0) is 6.32 Å². The first-order valence-corrected chi connectivity index (χ1v) is 8.73. The summed E-state index contributed by atoms with van der Waals surface area (Å²) in [6.07, 6.45) is 2.00. The maximum Gasteiger partial charge on any atom is 0.210 e. The number of aromatic nitrogens is 1. The largest absolute Gasteiger partial charge is 0.211 e. The molecule has 0 aliphatic heterocycles. The van der Waals surface area contributed by atoms with E-state index in [1.807, 2.05) is 24.4 Å². The zero-order valence-corrected chi connectivity index (χ0v) is 15.1. The molecule has 0 amide bonds. The van der Waals surface area contributed by atoms with E-state index in [0.29, 0.717) is 5.56 Å². The Balaban J connectivity index is 0.000000200. The molecule has 7 heteroatoms. The predicted octanol–water partition coefficient (Wildman–Crippen LogP) is 4.57. The van der Waals surface area contributed by atoms with Crippen LogP contribution in [0.5, 0.6) is 0 Å². The van der Waals surface area contributed by atoms with Crippen molar-refractivity contribution in [1.82, 2.24) is 0 Å². The summed E-state index contributed by atoms with van der Waals surface area (Å²) < 4.78 is 65.4. The van der Waals surface area contributed by atoms with Crippen molar-refractivity contribution < 1.29 is 26.9 Å². The molecule has 4 rings (SSSR count). The van der Waals surface area contributed by atoms with E-state index in [1.165, 1.54) is 10.9 Å². The van der Waals surface area contributed by atoms with Gasteiger partial charge >= 0.3 is 0 Å². The highest BCUT2D eigenvalue weighted by Crippen LogP contribution is 2.16. The summed E-state index contributed by atoms with van der Waals surface area (Å²) in [7, 11) is 0.978. The molecule has 1 radical (unpaired) electrons. The second kappa shape index (κ2) is 9.32. The van der Waals surface area contributed by atoms with Crippen LogP contribution in [0.15, 0.2) is 72.9 Å². The van der Waals surface area contributed by atoms with Gasteiger partial charge in [-0.05, 0) is 23.9 Å². The van der Waals surface area contributed by atoms with Crippen molar-refractivity contribution in [3.8, 4) is 0 Å². The first-order valence-electron chi connectivity index (χ1n) is 8.73. The van der Waals surface area contributed by atoms with Crippen LogP contribution in [0, 0.1) is 29.1 Å². The van der Waals surface area contributed by atoms with Gasteiger partial charge in [0.05, 0.1) is 0 Å². The third-order valence-corrected chi connectivity index (χ3v) is 4.20. The Labute approximate surface area is 165 Å². The van der Waals surface area contributed by atoms with Crippen LogP contribution in [-0.4, -0.2) is 7.28 Å². The van der Waals surface area contributed by atoms with Gasteiger partial charge in [-0.2, -0.15) is 0 Å². The summed E-state index contributed by atoms with van der Waals surface area (Å²) in [6, 6.07) is 20.8. The lowest BCUT2D eigenvalue weighted by Gasteiger charge is -2.07. The number of rotatable bonds is 3. The number of H-pyrrole nitrogens is 1. The molecule has 145 valence electrons. The molecular weight excluding hydrogens is 384 g/mol. The van der Waals surface area contributed by atoms with Gasteiger partial charge in [0.2, 0.25) is 5.52 Å². The Bertz CT molecular complexity index is 1020. The monoisotopic (exact) mass is 399 g/mol. The van der Waals surface area contributed by atoms with Crippen LogP contribution in [0.4, 0.5) is 22.0 Å². The molecule has 1 N–H and O–H groups in total. The minimum absolute atomic E-state index is 0.0686. The molecule has 0 atom stereocenters. The number of benzene rings is 3. The third-order valence-electron chi connectivity index (χ3n) is 4.20. The molecule has 29 heavy (non-hydrogen) atoms. The molecule has 0 fully saturated rings. The van der Waals surface area contributed by atoms with E-state index in [-0.39, 0.29) is 6.32 Å². The Morgan fingerprint density at radius 3 is 1.83 bits per heavy atom. The molecular formula is C22H15BF5N+. The highest BCUT2D eigenvalue weighted by atomic mass is 19.2. The normalized spacial score (nSPS) is 10.4. The first-order chi connectivity index (χ1) is 14.0. The zero-order valence-electron chi connectivity index (χ0n) is 15.1. The average Bonchev–Trinajstić information content (AvgIpc) is 2.77. The number of hydrogen-bond donors (Lipinski definition) is 0. The molecule has 1 heterocycles. The lowest BCUT2D eigenvalue weighted by atomic mass is 9.64. The third kappa shape index (κ3) is 4.80. The summed E-state index contributed by atoms with van der Waals surface area (Å²) in [4.78, 5) is 3.15. The van der Waals surface area contributed by atoms with Crippen molar-refractivity contribution in [2.24, 2.45) is 0 Å². The number of fused-ring (bicyclic) bond motifs is 1. The summed E-state index contributed by atoms with van der Waals surface area (Å²) in [5.41, 5.74) is 0.983. The Morgan fingerprint density at radius 1 is 0.621 bits per heavy atom. The van der Waals surface area contributed by atoms with Crippen molar-refractivity contribution in [1.29, 1.82) is 0 Å². The topological polar surface area (TPSA) is 14.1 Å². The van der Waals surface area contributed by atoms with Crippen molar-refractivity contribution in [3.05, 3.63) is 108 Å². The molecule has 3 aromatic carbocycles. The maximum atomic E-state index is 13.4. The number of pyridine rings is 1. The zero-order chi connectivity index (χ0) is 20.8. The quantitative estimate of drug-likeness (QED) is 0.208. The Kier molecular flexibility index (Phi) is 6.59. The minimum atomic E-state index is -2.15. The van der Waals surface area contributed by atoms with E-state index in [9.17, 15) is 22.0 Å². The summed E-state index contributed by atoms with van der Waals surface area (Å²) in [5.74, 6) is -9.64. The van der Waals surface area contributed by atoms with Crippen LogP contribution >= 0.6 is 0 Å². The van der Waals surface area contributed by atoms with Gasteiger partial charge in [0.15, 0.2) is 42.6 Å². The van der Waals surface area contributed by atoms with E-state index < -0.39 is 34.5 Å². The number of para-hydroxylation sites is 1. The van der Waals surface area contributed by atoms with E-state index in [4.69, 9.17) is 0 Å². The van der Waals surface area contributed by atoms with Gasteiger partial charge in [0.1, 0.15) is 0 Å². The highest BCUT2D eigenvalue weighted by Gasteiger charge is 2.25. The predicted molar refractivity (Wildman–Crippen MR) is 102 cm³/mol. The maximum absolute atomic E-state index is 13.4. The number of hydrogen-bond acceptors (Lipinski definition) is 0. The van der Waals surface area contributed by atoms with Gasteiger partial charge in [-0.3, -0.25) is 0 Å². The van der Waals surface area contributed by atoms with Gasteiger partial charge in [-0.15, -0.1) is 0 Å². The number of aromatic amines is 1. The lowest BCUT2D eigenvalue weighted by Crippen LogP contribution is -2.28. The van der Waals surface area contributed by atoms with Gasteiger partial charge in [0.25, 0.3) is 0 Å². The van der Waals surface area contributed by atoms with Crippen molar-refractivity contribution >= 4 is 23.6 Å².